The van der Waals surface area contributed by atoms with Crippen LogP contribution in [0.25, 0.3) is 11.1 Å². The van der Waals surface area contributed by atoms with E-state index in [1.807, 2.05) is 18.3 Å². The number of nitrogens with one attached hydrogen (secondary N) is 1. The number of benzene rings is 1. The molecule has 21 heavy (non-hydrogen) atoms. The topological polar surface area (TPSA) is 65.0 Å². The quantitative estimate of drug-likeness (QED) is 0.800. The fraction of sp³-hybridized carbons (Fsp3) is 0.333. The number of fused-ring (bicyclic) bond motifs is 1. The average molecular weight is 286 g/mol. The third kappa shape index (κ3) is 2.44. The molecule has 0 amide bonds. The van der Waals surface area contributed by atoms with Gasteiger partial charge in [-0.2, -0.15) is 0 Å². The van der Waals surface area contributed by atoms with Crippen molar-refractivity contribution in [3.05, 3.63) is 47.0 Å². The van der Waals surface area contributed by atoms with Gasteiger partial charge in [-0.05, 0) is 32.0 Å². The Balaban J connectivity index is 1.83. The second-order valence-electron chi connectivity index (χ2n) is 5.31. The Bertz CT molecular complexity index is 826. The lowest BCUT2D eigenvalue weighted by molar-refractivity contribution is 0.528. The van der Waals surface area contributed by atoms with Gasteiger partial charge in [-0.1, -0.05) is 0 Å². The van der Waals surface area contributed by atoms with Gasteiger partial charge in [0.25, 0.3) is 0 Å². The van der Waals surface area contributed by atoms with Gasteiger partial charge in [0, 0.05) is 31.2 Å². The summed E-state index contributed by atoms with van der Waals surface area (Å²) in [7, 11) is 1.70. The monoisotopic (exact) mass is 286 g/mol. The molecule has 2 aromatic heterocycles. The molecule has 0 aliphatic heterocycles. The number of aryl methyl sites for hydroxylation is 1. The minimum Gasteiger partial charge on any atom is -0.408 e. The molecule has 0 radical (unpaired) electrons. The summed E-state index contributed by atoms with van der Waals surface area (Å²) >= 11 is 0. The van der Waals surface area contributed by atoms with Crippen LogP contribution in [0.3, 0.4) is 0 Å². The molecule has 6 heteroatoms. The van der Waals surface area contributed by atoms with Crippen molar-refractivity contribution in [2.45, 2.75) is 26.4 Å². The number of aromatic nitrogens is 3. The average Bonchev–Trinajstić information content (AvgIpc) is 3.03. The normalized spacial score (nSPS) is 11.4. The number of oxazole rings is 1. The molecule has 6 nitrogen and oxygen atoms in total. The molecule has 0 bridgehead atoms. The lowest BCUT2D eigenvalue weighted by atomic mass is 10.3. The van der Waals surface area contributed by atoms with Gasteiger partial charge in [0.1, 0.15) is 5.82 Å². The van der Waals surface area contributed by atoms with Crippen LogP contribution in [-0.2, 0) is 13.6 Å². The molecule has 3 rings (SSSR count). The van der Waals surface area contributed by atoms with E-state index in [1.54, 1.807) is 19.3 Å². The predicted molar refractivity (Wildman–Crippen MR) is 81.4 cm³/mol. The Kier molecular flexibility index (Phi) is 3.29. The number of nitrogens with zero attached hydrogens (tertiary/aromatic N) is 3. The maximum absolute atomic E-state index is 11.5. The molecule has 0 saturated carbocycles. The summed E-state index contributed by atoms with van der Waals surface area (Å²) < 4.78 is 8.74. The van der Waals surface area contributed by atoms with Crippen molar-refractivity contribution >= 4 is 16.8 Å². The van der Waals surface area contributed by atoms with Gasteiger partial charge in [-0.25, -0.2) is 9.78 Å². The second-order valence-corrected chi connectivity index (χ2v) is 5.31. The van der Waals surface area contributed by atoms with Crippen molar-refractivity contribution in [1.82, 2.24) is 14.1 Å². The summed E-state index contributed by atoms with van der Waals surface area (Å²) in [5.41, 5.74) is 2.30. The molecule has 0 fully saturated rings. The van der Waals surface area contributed by atoms with Crippen LogP contribution in [0.2, 0.25) is 0 Å². The van der Waals surface area contributed by atoms with Crippen LogP contribution in [0.5, 0.6) is 0 Å². The van der Waals surface area contributed by atoms with Crippen LogP contribution in [0, 0.1) is 0 Å². The lowest BCUT2D eigenvalue weighted by Crippen LogP contribution is -2.10. The Labute approximate surface area is 122 Å². The van der Waals surface area contributed by atoms with Crippen LogP contribution in [0.4, 0.5) is 5.69 Å². The largest absolute Gasteiger partial charge is 0.419 e. The van der Waals surface area contributed by atoms with E-state index in [0.717, 1.165) is 17.0 Å². The Morgan fingerprint density at radius 3 is 2.95 bits per heavy atom. The Morgan fingerprint density at radius 1 is 1.38 bits per heavy atom. The van der Waals surface area contributed by atoms with E-state index in [2.05, 4.69) is 28.7 Å². The first-order chi connectivity index (χ1) is 10.1. The summed E-state index contributed by atoms with van der Waals surface area (Å²) in [5, 5.41) is 3.33. The van der Waals surface area contributed by atoms with Gasteiger partial charge in [-0.15, -0.1) is 0 Å². The van der Waals surface area contributed by atoms with Crippen LogP contribution in [0.15, 0.2) is 39.8 Å². The van der Waals surface area contributed by atoms with Gasteiger partial charge in [-0.3, -0.25) is 4.57 Å². The lowest BCUT2D eigenvalue weighted by Gasteiger charge is -2.12. The van der Waals surface area contributed by atoms with Gasteiger partial charge in [0.15, 0.2) is 5.58 Å². The first-order valence-corrected chi connectivity index (χ1v) is 6.91. The highest BCUT2D eigenvalue weighted by Crippen LogP contribution is 2.18. The molecule has 0 spiro atoms. The minimum atomic E-state index is -0.350. The second kappa shape index (κ2) is 5.12. The summed E-state index contributed by atoms with van der Waals surface area (Å²) in [4.78, 5) is 15.8. The summed E-state index contributed by atoms with van der Waals surface area (Å²) in [5.74, 6) is 0.628. The van der Waals surface area contributed by atoms with Crippen molar-refractivity contribution in [3.63, 3.8) is 0 Å². The van der Waals surface area contributed by atoms with Crippen molar-refractivity contribution in [1.29, 1.82) is 0 Å². The first-order valence-electron chi connectivity index (χ1n) is 6.91. The van der Waals surface area contributed by atoms with Crippen molar-refractivity contribution < 1.29 is 4.42 Å². The molecule has 1 N–H and O–H groups in total. The van der Waals surface area contributed by atoms with Crippen LogP contribution < -0.4 is 11.1 Å². The summed E-state index contributed by atoms with van der Waals surface area (Å²) in [6.07, 6.45) is 3.78. The third-order valence-electron chi connectivity index (χ3n) is 3.55. The summed E-state index contributed by atoms with van der Waals surface area (Å²) in [6, 6.07) is 5.98. The summed E-state index contributed by atoms with van der Waals surface area (Å²) in [6.45, 7) is 4.87. The minimum absolute atomic E-state index is 0.350. The standard InChI is InChI=1S/C15H18N4O2/c1-10(2)19-7-6-16-14(19)9-17-11-4-5-13-12(8-11)18(3)15(20)21-13/h4-8,10,17H,9H2,1-3H3. The predicted octanol–water partition coefficient (Wildman–Crippen LogP) is 2.52. The molecule has 2 heterocycles. The number of hydrogen-bond acceptors (Lipinski definition) is 4. The van der Waals surface area contributed by atoms with Crippen LogP contribution in [0.1, 0.15) is 25.7 Å². The Morgan fingerprint density at radius 2 is 2.19 bits per heavy atom. The van der Waals surface area contributed by atoms with E-state index in [0.29, 0.717) is 18.2 Å². The first kappa shape index (κ1) is 13.5. The molecular weight excluding hydrogens is 268 g/mol. The zero-order valence-electron chi connectivity index (χ0n) is 12.3. The fourth-order valence-corrected chi connectivity index (χ4v) is 2.37. The van der Waals surface area contributed by atoms with E-state index >= 15 is 0 Å². The van der Waals surface area contributed by atoms with Gasteiger partial charge in [0.05, 0.1) is 12.1 Å². The van der Waals surface area contributed by atoms with Gasteiger partial charge >= 0.3 is 5.76 Å². The number of imidazole rings is 1. The highest BCUT2D eigenvalue weighted by Gasteiger charge is 2.08. The maximum atomic E-state index is 11.5. The molecule has 0 aliphatic carbocycles. The SMILES string of the molecule is CC(C)n1ccnc1CNc1ccc2oc(=O)n(C)c2c1. The Hall–Kier alpha value is -2.50. The zero-order valence-corrected chi connectivity index (χ0v) is 12.3. The fourth-order valence-electron chi connectivity index (χ4n) is 2.37. The smallest absolute Gasteiger partial charge is 0.408 e. The van der Waals surface area contributed by atoms with Gasteiger partial charge in [0.2, 0.25) is 0 Å². The van der Waals surface area contributed by atoms with Crippen LogP contribution >= 0.6 is 0 Å². The van der Waals surface area contributed by atoms with E-state index in [9.17, 15) is 4.79 Å². The van der Waals surface area contributed by atoms with E-state index in [4.69, 9.17) is 4.42 Å². The van der Waals surface area contributed by atoms with Crippen molar-refractivity contribution in [3.8, 4) is 0 Å². The molecule has 3 aromatic rings. The zero-order chi connectivity index (χ0) is 15.0. The third-order valence-corrected chi connectivity index (χ3v) is 3.55. The molecule has 0 atom stereocenters. The van der Waals surface area contributed by atoms with E-state index in [1.165, 1.54) is 4.57 Å². The molecule has 0 unspecified atom stereocenters. The van der Waals surface area contributed by atoms with E-state index < -0.39 is 0 Å². The number of anilines is 1. The van der Waals surface area contributed by atoms with Crippen LogP contribution in [-0.4, -0.2) is 14.1 Å². The number of hydrogen-bond donors (Lipinski definition) is 1. The highest BCUT2D eigenvalue weighted by molar-refractivity contribution is 5.77. The van der Waals surface area contributed by atoms with Crippen molar-refractivity contribution in [2.75, 3.05) is 5.32 Å². The van der Waals surface area contributed by atoms with E-state index in [-0.39, 0.29) is 5.76 Å². The molecular formula is C15H18N4O2. The molecule has 0 aliphatic rings. The maximum Gasteiger partial charge on any atom is 0.419 e. The highest BCUT2D eigenvalue weighted by atomic mass is 16.4. The molecule has 1 aromatic carbocycles. The molecule has 0 saturated heterocycles. The number of rotatable bonds is 4. The van der Waals surface area contributed by atoms with Gasteiger partial charge < -0.3 is 14.3 Å². The van der Waals surface area contributed by atoms with Crippen molar-refractivity contribution in [2.24, 2.45) is 7.05 Å². The molecule has 110 valence electrons.